The van der Waals surface area contributed by atoms with Crippen molar-refractivity contribution in [1.82, 2.24) is 0 Å². The lowest BCUT2D eigenvalue weighted by Crippen LogP contribution is -2.74. The molecule has 0 aliphatic heterocycles. The van der Waals surface area contributed by atoms with Crippen molar-refractivity contribution >= 4 is 0 Å². The van der Waals surface area contributed by atoms with Crippen LogP contribution in [0.3, 0.4) is 0 Å². The standard InChI is InChI=1S/C12H6F20O2/c13-4(14,1-2-34-3(33)5(15,16)17)6(18,19)7(20,21)8(22,23)9(24,25)10(26,27)11(28,29)12(30,31)32/h3,33H,1-2H2. The zero-order valence-electron chi connectivity index (χ0n) is 14.9. The first-order valence-electron chi connectivity index (χ1n) is 7.45. The monoisotopic (exact) mass is 562 g/mol. The Morgan fingerprint density at radius 1 is 0.471 bits per heavy atom. The van der Waals surface area contributed by atoms with Gasteiger partial charge in [0.25, 0.3) is 6.29 Å². The van der Waals surface area contributed by atoms with Crippen molar-refractivity contribution in [3.63, 3.8) is 0 Å². The van der Waals surface area contributed by atoms with Crippen molar-refractivity contribution in [1.29, 1.82) is 0 Å². The van der Waals surface area contributed by atoms with Gasteiger partial charge in [-0.15, -0.1) is 0 Å². The first-order valence-corrected chi connectivity index (χ1v) is 7.45. The fourth-order valence-electron chi connectivity index (χ4n) is 1.75. The molecule has 0 aliphatic rings. The molecule has 0 radical (unpaired) electrons. The molecule has 0 aromatic heterocycles. The largest absolute Gasteiger partial charge is 0.460 e. The minimum Gasteiger partial charge on any atom is -0.361 e. The maximum atomic E-state index is 13.4. The van der Waals surface area contributed by atoms with Crippen LogP contribution >= 0.6 is 0 Å². The van der Waals surface area contributed by atoms with Crippen molar-refractivity contribution in [3.05, 3.63) is 0 Å². The van der Waals surface area contributed by atoms with E-state index in [9.17, 15) is 87.8 Å². The van der Waals surface area contributed by atoms with Gasteiger partial charge in [-0.3, -0.25) is 0 Å². The predicted molar refractivity (Wildman–Crippen MR) is 63.3 cm³/mol. The van der Waals surface area contributed by atoms with Crippen LogP contribution in [-0.2, 0) is 4.74 Å². The fourth-order valence-corrected chi connectivity index (χ4v) is 1.75. The quantitative estimate of drug-likeness (QED) is 0.251. The van der Waals surface area contributed by atoms with Gasteiger partial charge in [-0.25, -0.2) is 0 Å². The maximum Gasteiger partial charge on any atom is 0.460 e. The summed E-state index contributed by atoms with van der Waals surface area (Å²) in [5.41, 5.74) is 0. The van der Waals surface area contributed by atoms with Crippen LogP contribution in [-0.4, -0.2) is 71.8 Å². The van der Waals surface area contributed by atoms with E-state index >= 15 is 0 Å². The third-order valence-corrected chi connectivity index (χ3v) is 3.76. The molecule has 2 nitrogen and oxygen atoms in total. The van der Waals surface area contributed by atoms with E-state index in [1.807, 2.05) is 0 Å². The molecule has 0 saturated heterocycles. The van der Waals surface area contributed by atoms with Crippen LogP contribution < -0.4 is 0 Å². The van der Waals surface area contributed by atoms with Gasteiger partial charge in [-0.2, -0.15) is 87.8 Å². The molecule has 0 spiro atoms. The summed E-state index contributed by atoms with van der Waals surface area (Å²) in [6.45, 7) is -2.57. The van der Waals surface area contributed by atoms with E-state index in [2.05, 4.69) is 4.74 Å². The van der Waals surface area contributed by atoms with E-state index in [1.165, 1.54) is 0 Å². The van der Waals surface area contributed by atoms with Gasteiger partial charge in [0, 0.05) is 6.42 Å². The molecule has 0 amide bonds. The highest BCUT2D eigenvalue weighted by Crippen LogP contribution is 2.64. The minimum absolute atomic E-state index is 2.57. The molecule has 1 N–H and O–H groups in total. The average Bonchev–Trinajstić information content (AvgIpc) is 2.58. The molecule has 0 rings (SSSR count). The van der Waals surface area contributed by atoms with Crippen LogP contribution in [0.4, 0.5) is 87.8 Å². The highest BCUT2D eigenvalue weighted by Gasteiger charge is 2.95. The zero-order chi connectivity index (χ0) is 28.2. The number of hydrogen-bond acceptors (Lipinski definition) is 2. The van der Waals surface area contributed by atoms with Crippen LogP contribution in [0.2, 0.25) is 0 Å². The van der Waals surface area contributed by atoms with Crippen molar-refractivity contribution in [3.8, 4) is 0 Å². The average molecular weight is 562 g/mol. The maximum absolute atomic E-state index is 13.4. The summed E-state index contributed by atoms with van der Waals surface area (Å²) in [4.78, 5) is 0. The molecule has 22 heteroatoms. The Kier molecular flexibility index (Phi) is 8.20. The molecule has 0 bridgehead atoms. The molecule has 0 fully saturated rings. The summed E-state index contributed by atoms with van der Waals surface area (Å²) in [5, 5.41) is 8.22. The lowest BCUT2D eigenvalue weighted by Gasteiger charge is -2.42. The van der Waals surface area contributed by atoms with Crippen molar-refractivity contribution in [2.24, 2.45) is 0 Å². The third kappa shape index (κ3) is 4.79. The molecular weight excluding hydrogens is 556 g/mol. The normalized spacial score (nSPS) is 17.2. The van der Waals surface area contributed by atoms with Gasteiger partial charge < -0.3 is 9.84 Å². The summed E-state index contributed by atoms with van der Waals surface area (Å²) in [5.74, 6) is -58.0. The Hall–Kier alpha value is -1.48. The van der Waals surface area contributed by atoms with Crippen molar-refractivity contribution in [2.75, 3.05) is 6.61 Å². The molecule has 1 unspecified atom stereocenters. The first-order chi connectivity index (χ1) is 14.4. The van der Waals surface area contributed by atoms with Gasteiger partial charge in [-0.05, 0) is 0 Å². The molecule has 1 atom stereocenters. The van der Waals surface area contributed by atoms with Crippen LogP contribution in [0.1, 0.15) is 6.42 Å². The number of aliphatic hydroxyl groups excluding tert-OH is 1. The zero-order valence-corrected chi connectivity index (χ0v) is 14.9. The molecule has 0 aliphatic carbocycles. The summed E-state index contributed by atoms with van der Waals surface area (Å²) < 4.78 is 258. The van der Waals surface area contributed by atoms with Crippen LogP contribution in [0.15, 0.2) is 0 Å². The van der Waals surface area contributed by atoms with E-state index < -0.39 is 73.1 Å². The minimum atomic E-state index is -8.80. The molecule has 0 heterocycles. The lowest BCUT2D eigenvalue weighted by atomic mass is 9.88. The number of ether oxygens (including phenoxy) is 1. The molecule has 206 valence electrons. The van der Waals surface area contributed by atoms with Crippen LogP contribution in [0.5, 0.6) is 0 Å². The van der Waals surface area contributed by atoms with E-state index in [4.69, 9.17) is 5.11 Å². The molecular formula is C12H6F20O2. The first kappa shape index (κ1) is 32.5. The second kappa shape index (κ2) is 8.57. The summed E-state index contributed by atoms with van der Waals surface area (Å²) in [7, 11) is 0. The SMILES string of the molecule is OC(OCCC(F)(F)C(F)(F)C(F)(F)C(F)(F)C(F)(F)C(F)(F)C(F)(F)C(F)(F)F)C(F)(F)F. The topological polar surface area (TPSA) is 29.5 Å². The fraction of sp³-hybridized carbons (Fsp3) is 1.00. The van der Waals surface area contributed by atoms with Crippen LogP contribution in [0.25, 0.3) is 0 Å². The summed E-state index contributed by atoms with van der Waals surface area (Å²) >= 11 is 0. The van der Waals surface area contributed by atoms with Crippen molar-refractivity contribution < 1.29 is 97.7 Å². The number of hydrogen-bond donors (Lipinski definition) is 1. The highest BCUT2D eigenvalue weighted by molar-refractivity contribution is 5.15. The van der Waals surface area contributed by atoms with Crippen LogP contribution in [0, 0.1) is 0 Å². The van der Waals surface area contributed by atoms with Gasteiger partial charge in [0.05, 0.1) is 6.61 Å². The van der Waals surface area contributed by atoms with Gasteiger partial charge in [0.15, 0.2) is 0 Å². The molecule has 0 aromatic carbocycles. The second-order valence-electron chi connectivity index (χ2n) is 6.16. The van der Waals surface area contributed by atoms with E-state index in [0.717, 1.165) is 0 Å². The Morgan fingerprint density at radius 2 is 0.765 bits per heavy atom. The summed E-state index contributed by atoms with van der Waals surface area (Å²) in [6.07, 6.45) is -21.0. The van der Waals surface area contributed by atoms with Gasteiger partial charge in [-0.1, -0.05) is 0 Å². The Bertz CT molecular complexity index is 703. The highest BCUT2D eigenvalue weighted by atomic mass is 19.4. The van der Waals surface area contributed by atoms with E-state index in [1.54, 1.807) is 0 Å². The summed E-state index contributed by atoms with van der Waals surface area (Å²) in [6, 6.07) is 0. The molecule has 0 saturated carbocycles. The van der Waals surface area contributed by atoms with Gasteiger partial charge in [0.2, 0.25) is 0 Å². The van der Waals surface area contributed by atoms with E-state index in [-0.39, 0.29) is 0 Å². The van der Waals surface area contributed by atoms with E-state index in [0.29, 0.717) is 0 Å². The number of halogens is 20. The second-order valence-corrected chi connectivity index (χ2v) is 6.16. The Morgan fingerprint density at radius 3 is 1.06 bits per heavy atom. The Balaban J connectivity index is 6.30. The molecule has 34 heavy (non-hydrogen) atoms. The molecule has 0 aromatic rings. The van der Waals surface area contributed by atoms with Gasteiger partial charge >= 0.3 is 53.8 Å². The third-order valence-electron chi connectivity index (χ3n) is 3.76. The van der Waals surface area contributed by atoms with Crippen molar-refractivity contribution in [2.45, 2.75) is 66.5 Å². The number of alkyl halides is 20. The smallest absolute Gasteiger partial charge is 0.361 e. The number of aliphatic hydroxyl groups is 1. The van der Waals surface area contributed by atoms with Gasteiger partial charge in [0.1, 0.15) is 0 Å². The number of rotatable bonds is 10. The lowest BCUT2D eigenvalue weighted by molar-refractivity contribution is -0.462. The predicted octanol–water partition coefficient (Wildman–Crippen LogP) is 6.28. The Labute approximate surface area is 172 Å².